The molecule has 10 heteroatoms. The predicted molar refractivity (Wildman–Crippen MR) is 155 cm³/mol. The monoisotopic (exact) mass is 646 g/mol. The first kappa shape index (κ1) is 27.6. The molecule has 0 saturated carbocycles. The van der Waals surface area contributed by atoms with Crippen LogP contribution in [0.1, 0.15) is 37.9 Å². The molecule has 1 N–H and O–H groups in total. The zero-order chi connectivity index (χ0) is 27.4. The third-order valence-corrected chi connectivity index (χ3v) is 7.53. The summed E-state index contributed by atoms with van der Waals surface area (Å²) in [5.41, 5.74) is 1.93. The zero-order valence-electron chi connectivity index (χ0n) is 21.2. The highest BCUT2D eigenvalue weighted by Gasteiger charge is 2.33. The molecule has 3 aromatic rings. The van der Waals surface area contributed by atoms with E-state index in [1.165, 1.54) is 15.9 Å². The standard InChI is InChI=1S/C28H27IN2O6S/c1-5-12-37-19-10-8-18(9-11-19)24-23(27(34)36-7-3)16(4)30-28-31(24)26(33)22(38-28)15-17-13-20(29)25(32)21(14-17)35-6-2/h5,8-11,13-15,24,32H,1,6-7,12H2,2-4H3/b22-15-/t24-/m1/s1. The van der Waals surface area contributed by atoms with Gasteiger partial charge in [0.25, 0.3) is 5.56 Å². The number of nitrogens with zero attached hydrogens (tertiary/aromatic N) is 2. The summed E-state index contributed by atoms with van der Waals surface area (Å²) in [5.74, 6) is 0.526. The Morgan fingerprint density at radius 3 is 2.61 bits per heavy atom. The van der Waals surface area contributed by atoms with Gasteiger partial charge in [-0.3, -0.25) is 9.36 Å². The quantitative estimate of drug-likeness (QED) is 0.214. The minimum atomic E-state index is -0.722. The third-order valence-electron chi connectivity index (χ3n) is 5.73. The maximum atomic E-state index is 13.8. The van der Waals surface area contributed by atoms with E-state index in [9.17, 15) is 14.7 Å². The van der Waals surface area contributed by atoms with Gasteiger partial charge in [0.1, 0.15) is 12.4 Å². The number of thiazole rings is 1. The van der Waals surface area contributed by atoms with Crippen molar-refractivity contribution in [2.24, 2.45) is 4.99 Å². The van der Waals surface area contributed by atoms with E-state index in [0.717, 1.165) is 5.56 Å². The number of ether oxygens (including phenoxy) is 3. The first-order valence-electron chi connectivity index (χ1n) is 12.0. The number of hydrogen-bond acceptors (Lipinski definition) is 8. The normalized spacial score (nSPS) is 15.1. The molecule has 0 amide bonds. The molecule has 38 heavy (non-hydrogen) atoms. The van der Waals surface area contributed by atoms with Gasteiger partial charge in [0.15, 0.2) is 16.3 Å². The fourth-order valence-electron chi connectivity index (χ4n) is 4.10. The number of benzene rings is 2. The van der Waals surface area contributed by atoms with Gasteiger partial charge in [-0.1, -0.05) is 36.1 Å². The second-order valence-electron chi connectivity index (χ2n) is 8.25. The van der Waals surface area contributed by atoms with Crippen LogP contribution >= 0.6 is 33.9 Å². The molecular formula is C28H27IN2O6S. The van der Waals surface area contributed by atoms with Crippen LogP contribution in [0.2, 0.25) is 0 Å². The van der Waals surface area contributed by atoms with E-state index in [0.29, 0.717) is 54.5 Å². The molecule has 198 valence electrons. The summed E-state index contributed by atoms with van der Waals surface area (Å²) in [6.07, 6.45) is 3.39. The molecule has 1 aromatic heterocycles. The van der Waals surface area contributed by atoms with Gasteiger partial charge in [-0.2, -0.15) is 0 Å². The lowest BCUT2D eigenvalue weighted by atomic mass is 9.96. The van der Waals surface area contributed by atoms with Gasteiger partial charge in [0.05, 0.1) is 38.6 Å². The lowest BCUT2D eigenvalue weighted by molar-refractivity contribution is -0.139. The number of carbonyl (C=O) groups is 1. The minimum absolute atomic E-state index is 0.0567. The van der Waals surface area contributed by atoms with Crippen LogP contribution in [0.4, 0.5) is 0 Å². The van der Waals surface area contributed by atoms with Gasteiger partial charge >= 0.3 is 5.97 Å². The first-order chi connectivity index (χ1) is 18.3. The van der Waals surface area contributed by atoms with Gasteiger partial charge < -0.3 is 19.3 Å². The van der Waals surface area contributed by atoms with E-state index >= 15 is 0 Å². The van der Waals surface area contributed by atoms with Gasteiger partial charge in [-0.05, 0) is 84.8 Å². The second kappa shape index (κ2) is 12.0. The highest BCUT2D eigenvalue weighted by molar-refractivity contribution is 14.1. The molecule has 0 radical (unpaired) electrons. The molecule has 2 heterocycles. The van der Waals surface area contributed by atoms with Gasteiger partial charge in [-0.15, -0.1) is 0 Å². The maximum Gasteiger partial charge on any atom is 0.338 e. The molecule has 1 atom stereocenters. The summed E-state index contributed by atoms with van der Waals surface area (Å²) < 4.78 is 19.1. The van der Waals surface area contributed by atoms with Gasteiger partial charge in [-0.25, -0.2) is 9.79 Å². The molecular weight excluding hydrogens is 619 g/mol. The number of rotatable bonds is 9. The number of allylic oxidation sites excluding steroid dienone is 1. The molecule has 2 aromatic carbocycles. The van der Waals surface area contributed by atoms with Crippen LogP contribution < -0.4 is 24.4 Å². The van der Waals surface area contributed by atoms with E-state index < -0.39 is 12.0 Å². The molecule has 0 saturated heterocycles. The second-order valence-corrected chi connectivity index (χ2v) is 10.4. The highest BCUT2D eigenvalue weighted by atomic mass is 127. The van der Waals surface area contributed by atoms with Gasteiger partial charge in [0.2, 0.25) is 0 Å². The summed E-state index contributed by atoms with van der Waals surface area (Å²) in [7, 11) is 0. The molecule has 1 aliphatic rings. The van der Waals surface area contributed by atoms with Crippen molar-refractivity contribution in [2.75, 3.05) is 19.8 Å². The highest BCUT2D eigenvalue weighted by Crippen LogP contribution is 2.34. The van der Waals surface area contributed by atoms with Crippen LogP contribution in [-0.2, 0) is 9.53 Å². The Hall–Kier alpha value is -3.38. The molecule has 4 rings (SSSR count). The molecule has 0 aliphatic carbocycles. The first-order valence-corrected chi connectivity index (χ1v) is 13.9. The van der Waals surface area contributed by atoms with Crippen molar-refractivity contribution in [3.8, 4) is 17.2 Å². The number of fused-ring (bicyclic) bond motifs is 1. The average Bonchev–Trinajstić information content (AvgIpc) is 3.19. The van der Waals surface area contributed by atoms with E-state index in [1.807, 2.05) is 41.6 Å². The van der Waals surface area contributed by atoms with Crippen LogP contribution in [0.3, 0.4) is 0 Å². The van der Waals surface area contributed by atoms with Crippen molar-refractivity contribution in [3.63, 3.8) is 0 Å². The van der Waals surface area contributed by atoms with E-state index in [-0.39, 0.29) is 17.9 Å². The summed E-state index contributed by atoms with van der Waals surface area (Å²) in [4.78, 5) is 31.9. The zero-order valence-corrected chi connectivity index (χ0v) is 24.2. The van der Waals surface area contributed by atoms with Crippen LogP contribution in [0, 0.1) is 3.57 Å². The SMILES string of the molecule is C=CCOc1ccc([C@@H]2C(C(=O)OCC)=C(C)N=c3s/c(=C\c4cc(I)c(O)c(OCC)c4)c(=O)n32)cc1. The summed E-state index contributed by atoms with van der Waals surface area (Å²) in [6.45, 7) is 9.92. The third kappa shape index (κ3) is 5.56. The van der Waals surface area contributed by atoms with Gasteiger partial charge in [0, 0.05) is 0 Å². The fraction of sp³-hybridized carbons (Fsp3) is 0.250. The van der Waals surface area contributed by atoms with Crippen molar-refractivity contribution in [2.45, 2.75) is 26.8 Å². The van der Waals surface area contributed by atoms with Crippen LogP contribution in [0.25, 0.3) is 6.08 Å². The van der Waals surface area contributed by atoms with Crippen LogP contribution in [0.15, 0.2) is 70.1 Å². The predicted octanol–water partition coefficient (Wildman–Crippen LogP) is 4.07. The Morgan fingerprint density at radius 2 is 1.95 bits per heavy atom. The fourth-order valence-corrected chi connectivity index (χ4v) is 5.77. The summed E-state index contributed by atoms with van der Waals surface area (Å²) >= 11 is 3.25. The Labute approximate surface area is 237 Å². The van der Waals surface area contributed by atoms with Crippen LogP contribution in [-0.4, -0.2) is 35.5 Å². The smallest absolute Gasteiger partial charge is 0.338 e. The number of carbonyl (C=O) groups excluding carboxylic acids is 1. The number of aromatic nitrogens is 1. The summed E-state index contributed by atoms with van der Waals surface area (Å²) in [5, 5.41) is 10.3. The maximum absolute atomic E-state index is 13.8. The Morgan fingerprint density at radius 1 is 1.21 bits per heavy atom. The number of esters is 1. The van der Waals surface area contributed by atoms with Crippen molar-refractivity contribution < 1.29 is 24.1 Å². The number of phenols is 1. The van der Waals surface area contributed by atoms with Crippen molar-refractivity contribution in [1.29, 1.82) is 0 Å². The van der Waals surface area contributed by atoms with Crippen molar-refractivity contribution in [3.05, 3.63) is 94.7 Å². The van der Waals surface area contributed by atoms with Crippen molar-refractivity contribution >= 4 is 46.0 Å². The minimum Gasteiger partial charge on any atom is -0.504 e. The van der Waals surface area contributed by atoms with Crippen LogP contribution in [0.5, 0.6) is 17.2 Å². The molecule has 8 nitrogen and oxygen atoms in total. The van der Waals surface area contributed by atoms with E-state index in [1.54, 1.807) is 50.3 Å². The largest absolute Gasteiger partial charge is 0.504 e. The molecule has 0 unspecified atom stereocenters. The average molecular weight is 647 g/mol. The lowest BCUT2D eigenvalue weighted by Crippen LogP contribution is -2.39. The Bertz CT molecular complexity index is 1590. The molecule has 0 fully saturated rings. The Balaban J connectivity index is 1.89. The Kier molecular flexibility index (Phi) is 8.72. The number of aromatic hydroxyl groups is 1. The number of halogens is 1. The molecule has 1 aliphatic heterocycles. The van der Waals surface area contributed by atoms with E-state index in [2.05, 4.69) is 11.6 Å². The molecule has 0 bridgehead atoms. The lowest BCUT2D eigenvalue weighted by Gasteiger charge is -2.24. The summed E-state index contributed by atoms with van der Waals surface area (Å²) in [6, 6.07) is 9.98. The topological polar surface area (TPSA) is 99.4 Å². The van der Waals surface area contributed by atoms with Crippen molar-refractivity contribution in [1.82, 2.24) is 4.57 Å². The number of phenolic OH excluding ortho intramolecular Hbond substituents is 1. The van der Waals surface area contributed by atoms with E-state index in [4.69, 9.17) is 14.2 Å². The molecule has 0 spiro atoms. The number of hydrogen-bond donors (Lipinski definition) is 1.